The van der Waals surface area contributed by atoms with E-state index in [2.05, 4.69) is 4.74 Å². The molecule has 0 aliphatic carbocycles. The van der Waals surface area contributed by atoms with Crippen LogP contribution in [0.25, 0.3) is 0 Å². The number of esters is 1. The van der Waals surface area contributed by atoms with E-state index in [1.54, 1.807) is 6.92 Å². The summed E-state index contributed by atoms with van der Waals surface area (Å²) in [4.78, 5) is 10.3. The number of hydrogen-bond acceptors (Lipinski definition) is 4. The van der Waals surface area contributed by atoms with Gasteiger partial charge >= 0.3 is 35.5 Å². The summed E-state index contributed by atoms with van der Waals surface area (Å²) < 4.78 is 32.3. The molecule has 0 aliphatic heterocycles. The second-order valence-electron chi connectivity index (χ2n) is 1.53. The summed E-state index contributed by atoms with van der Waals surface area (Å²) in [6, 6.07) is 0. The monoisotopic (exact) mass is 192 g/mol. The Labute approximate surface area is 87.2 Å². The van der Waals surface area contributed by atoms with Crippen LogP contribution in [0.2, 0.25) is 0 Å². The van der Waals surface area contributed by atoms with E-state index in [1.807, 2.05) is 0 Å². The van der Waals surface area contributed by atoms with Crippen molar-refractivity contribution in [2.24, 2.45) is 0 Å². The first-order valence-corrected chi connectivity index (χ1v) is 4.17. The van der Waals surface area contributed by atoms with Gasteiger partial charge in [-0.15, -0.1) is 0 Å². The van der Waals surface area contributed by atoms with Gasteiger partial charge in [-0.3, -0.25) is 9.35 Å². The van der Waals surface area contributed by atoms with Crippen LogP contribution in [0.5, 0.6) is 0 Å². The molecule has 0 aliphatic rings. The van der Waals surface area contributed by atoms with Crippen LogP contribution >= 0.6 is 0 Å². The molecule has 0 radical (unpaired) electrons. The molecule has 0 spiro atoms. The molecule has 5 nitrogen and oxygen atoms in total. The molecule has 0 saturated carbocycles. The van der Waals surface area contributed by atoms with E-state index in [0.717, 1.165) is 0 Å². The first-order chi connectivity index (χ1) is 4.45. The van der Waals surface area contributed by atoms with Crippen LogP contribution in [0, 0.1) is 0 Å². The van der Waals surface area contributed by atoms with Gasteiger partial charge < -0.3 is 4.74 Å². The molecule has 0 unspecified atom stereocenters. The van der Waals surface area contributed by atoms with Gasteiger partial charge in [-0.25, -0.2) is 0 Å². The maximum atomic E-state index is 10.3. The Hall–Kier alpha value is 0.380. The van der Waals surface area contributed by atoms with Crippen molar-refractivity contribution in [3.8, 4) is 0 Å². The maximum absolute atomic E-state index is 10.3. The fraction of sp³-hybridized carbons (Fsp3) is 0.750. The molecule has 1 N–H and O–H groups in total. The van der Waals surface area contributed by atoms with Gasteiger partial charge in [0.1, 0.15) is 0 Å². The van der Waals surface area contributed by atoms with Crippen LogP contribution in [-0.4, -0.2) is 60.9 Å². The van der Waals surface area contributed by atoms with Crippen molar-refractivity contribution in [1.82, 2.24) is 0 Å². The molecule has 0 aromatic carbocycles. The quantitative estimate of drug-likeness (QED) is 0.344. The average molecular weight is 192 g/mol. The van der Waals surface area contributed by atoms with E-state index in [1.165, 1.54) is 0 Å². The Balaban J connectivity index is 0. The summed E-state index contributed by atoms with van der Waals surface area (Å²) in [5, 5.41) is 0. The van der Waals surface area contributed by atoms with Gasteiger partial charge in [0, 0.05) is 0 Å². The normalized spacial score (nSPS) is 10.0. The summed E-state index contributed by atoms with van der Waals surface area (Å²) in [5.41, 5.74) is 0. The second-order valence-corrected chi connectivity index (χ2v) is 2.98. The Bertz CT molecular complexity index is 209. The molecule has 7 heteroatoms. The van der Waals surface area contributed by atoms with Gasteiger partial charge in [-0.2, -0.15) is 8.42 Å². The molecule has 0 bridgehead atoms. The topological polar surface area (TPSA) is 80.7 Å². The van der Waals surface area contributed by atoms with Gasteiger partial charge in [-0.05, 0) is 6.92 Å². The Morgan fingerprint density at radius 2 is 2.00 bits per heavy atom. The first kappa shape index (κ1) is 13.9. The summed E-state index contributed by atoms with van der Waals surface area (Å²) in [6.45, 7) is 1.65. The predicted molar refractivity (Wildman–Crippen MR) is 40.2 cm³/mol. The van der Waals surface area contributed by atoms with Gasteiger partial charge in [0.2, 0.25) is 0 Å². The van der Waals surface area contributed by atoms with Crippen LogP contribution < -0.4 is 0 Å². The van der Waals surface area contributed by atoms with E-state index < -0.39 is 21.8 Å². The van der Waals surface area contributed by atoms with Crippen LogP contribution in [0.4, 0.5) is 0 Å². The molecule has 11 heavy (non-hydrogen) atoms. The minimum absolute atomic E-state index is 0. The number of hydrogen-bond donors (Lipinski definition) is 1. The van der Waals surface area contributed by atoms with Crippen molar-refractivity contribution >= 4 is 45.6 Å². The van der Waals surface area contributed by atoms with Crippen molar-refractivity contribution in [1.29, 1.82) is 0 Å². The zero-order chi connectivity index (χ0) is 8.20. The van der Waals surface area contributed by atoms with Gasteiger partial charge in [-0.1, -0.05) is 0 Å². The van der Waals surface area contributed by atoms with E-state index in [0.29, 0.717) is 0 Å². The van der Waals surface area contributed by atoms with Gasteiger partial charge in [0.05, 0.1) is 6.61 Å². The van der Waals surface area contributed by atoms with Crippen LogP contribution in [0.3, 0.4) is 0 Å². The molecule has 0 saturated heterocycles. The van der Waals surface area contributed by atoms with E-state index in [9.17, 15) is 13.2 Å². The minimum atomic E-state index is -4.22. The third-order valence-electron chi connectivity index (χ3n) is 0.606. The van der Waals surface area contributed by atoms with Gasteiger partial charge in [0.15, 0.2) is 5.75 Å². The number of carbonyl (C=O) groups is 1. The second kappa shape index (κ2) is 5.96. The fourth-order valence-electron chi connectivity index (χ4n) is 0.352. The van der Waals surface area contributed by atoms with Crippen molar-refractivity contribution in [3.05, 3.63) is 0 Å². The summed E-state index contributed by atoms with van der Waals surface area (Å²) in [7, 11) is -4.22. The molecule has 0 rings (SSSR count). The van der Waals surface area contributed by atoms with E-state index >= 15 is 0 Å². The number of ether oxygens (including phenoxy) is 1. The SMILES string of the molecule is CCOC(=O)CS(=O)(=O)O.[NaH]. The Kier molecular flexibility index (Phi) is 7.55. The van der Waals surface area contributed by atoms with E-state index in [-0.39, 0.29) is 36.2 Å². The molecule has 0 aromatic heterocycles. The fourth-order valence-corrected chi connectivity index (χ4v) is 0.733. The van der Waals surface area contributed by atoms with Crippen molar-refractivity contribution in [2.45, 2.75) is 6.92 Å². The van der Waals surface area contributed by atoms with Crippen LogP contribution in [0.1, 0.15) is 6.92 Å². The van der Waals surface area contributed by atoms with Crippen molar-refractivity contribution in [3.63, 3.8) is 0 Å². The van der Waals surface area contributed by atoms with E-state index in [4.69, 9.17) is 4.55 Å². The van der Waals surface area contributed by atoms with Crippen molar-refractivity contribution < 1.29 is 22.5 Å². The summed E-state index contributed by atoms with van der Waals surface area (Å²) in [5.74, 6) is -1.91. The predicted octanol–water partition coefficient (Wildman–Crippen LogP) is -1.21. The zero-order valence-corrected chi connectivity index (χ0v) is 6.22. The molecule has 62 valence electrons. The van der Waals surface area contributed by atoms with Gasteiger partial charge in [0.25, 0.3) is 10.1 Å². The molecule has 0 amide bonds. The molecule has 0 aromatic rings. The molecule has 0 atom stereocenters. The Morgan fingerprint density at radius 1 is 1.55 bits per heavy atom. The third kappa shape index (κ3) is 10.4. The molecular weight excluding hydrogens is 183 g/mol. The molecule has 0 fully saturated rings. The third-order valence-corrected chi connectivity index (χ3v) is 1.21. The zero-order valence-electron chi connectivity index (χ0n) is 5.40. The van der Waals surface area contributed by atoms with Crippen molar-refractivity contribution in [2.75, 3.05) is 12.4 Å². The van der Waals surface area contributed by atoms with Crippen LogP contribution in [-0.2, 0) is 19.6 Å². The van der Waals surface area contributed by atoms with Crippen LogP contribution in [0.15, 0.2) is 0 Å². The number of rotatable bonds is 3. The molecular formula is C4H9NaO5S. The Morgan fingerprint density at radius 3 is 2.27 bits per heavy atom. The first-order valence-electron chi connectivity index (χ1n) is 2.56. The summed E-state index contributed by atoms with van der Waals surface area (Å²) in [6.07, 6.45) is 0. The number of carbonyl (C=O) groups excluding carboxylic acids is 1. The summed E-state index contributed by atoms with van der Waals surface area (Å²) >= 11 is 0. The standard InChI is InChI=1S/C4H8O5S.Na.H/c1-2-9-4(5)3-10(6,7)8;;/h2-3H2,1H3,(H,6,7,8);;. The molecule has 0 heterocycles. The average Bonchev–Trinajstić information content (AvgIpc) is 1.59.